The Kier molecular flexibility index (Phi) is 6.02. The largest absolute Gasteiger partial charge is 0.358 e. The number of amides is 1. The van der Waals surface area contributed by atoms with Gasteiger partial charge in [-0.2, -0.15) is 5.10 Å². The molecule has 4 heterocycles. The van der Waals surface area contributed by atoms with E-state index in [1.54, 1.807) is 41.2 Å². The van der Waals surface area contributed by atoms with Gasteiger partial charge in [-0.1, -0.05) is 29.8 Å². The van der Waals surface area contributed by atoms with Crippen molar-refractivity contribution in [3.05, 3.63) is 81.7 Å². The van der Waals surface area contributed by atoms with Gasteiger partial charge in [0.25, 0.3) is 5.56 Å². The van der Waals surface area contributed by atoms with Crippen LogP contribution in [0.3, 0.4) is 0 Å². The third kappa shape index (κ3) is 4.26. The Labute approximate surface area is 199 Å². The van der Waals surface area contributed by atoms with Crippen LogP contribution in [0.25, 0.3) is 16.6 Å². The van der Waals surface area contributed by atoms with E-state index in [1.807, 2.05) is 0 Å². The molecule has 34 heavy (non-hydrogen) atoms. The highest BCUT2D eigenvalue weighted by atomic mass is 35.5. The van der Waals surface area contributed by atoms with Crippen molar-refractivity contribution in [1.82, 2.24) is 24.6 Å². The molecule has 10 heteroatoms. The summed E-state index contributed by atoms with van der Waals surface area (Å²) in [7, 11) is 0. The molecule has 1 saturated heterocycles. The Morgan fingerprint density at radius 2 is 2.03 bits per heavy atom. The highest BCUT2D eigenvalue weighted by molar-refractivity contribution is 6.32. The van der Waals surface area contributed by atoms with Gasteiger partial charge in [-0.15, -0.1) is 0 Å². The number of hydrogen-bond acceptors (Lipinski definition) is 5. The summed E-state index contributed by atoms with van der Waals surface area (Å²) < 4.78 is 17.1. The Morgan fingerprint density at radius 1 is 1.18 bits per heavy atom. The van der Waals surface area contributed by atoms with Crippen LogP contribution < -0.4 is 16.2 Å². The summed E-state index contributed by atoms with van der Waals surface area (Å²) in [6, 6.07) is 9.45. The molecule has 1 unspecified atom stereocenters. The smallest absolute Gasteiger partial charge is 0.266 e. The second kappa shape index (κ2) is 9.26. The van der Waals surface area contributed by atoms with Crippen LogP contribution >= 0.6 is 11.6 Å². The molecule has 8 nitrogen and oxygen atoms in total. The first-order chi connectivity index (χ1) is 16.5. The molecule has 0 bridgehead atoms. The second-order valence-corrected chi connectivity index (χ2v) is 8.60. The predicted octanol–water partition coefficient (Wildman–Crippen LogP) is 3.50. The number of anilines is 1. The molecule has 4 aromatic rings. The third-order valence-electron chi connectivity index (χ3n) is 5.94. The van der Waals surface area contributed by atoms with Crippen LogP contribution in [0, 0.1) is 5.82 Å². The van der Waals surface area contributed by atoms with E-state index in [4.69, 9.17) is 11.6 Å². The maximum atomic E-state index is 14.1. The van der Waals surface area contributed by atoms with Gasteiger partial charge in [-0.25, -0.2) is 9.37 Å². The molecule has 5 rings (SSSR count). The minimum Gasteiger partial charge on any atom is -0.358 e. The van der Waals surface area contributed by atoms with Crippen LogP contribution in [0.5, 0.6) is 0 Å². The normalized spacial score (nSPS) is 16.3. The standard InChI is InChI=1S/C24H22ClFN6O2/c25-17-13-28-22(30-19-7-3-4-9-27-23(19)33)11-21(17)31-10-8-20-16(24(31)34)12-29-32(20)14-15-5-1-2-6-18(15)26/h1-2,5-6,8,10-13,19H,3-4,7,9,14H2,(H,27,33)(H,28,30). The number of hydrogen-bond donors (Lipinski definition) is 2. The number of rotatable bonds is 5. The Morgan fingerprint density at radius 3 is 2.88 bits per heavy atom. The predicted molar refractivity (Wildman–Crippen MR) is 128 cm³/mol. The Bertz CT molecular complexity index is 1430. The van der Waals surface area contributed by atoms with Gasteiger partial charge in [0.15, 0.2) is 0 Å². The number of carbonyl (C=O) groups excluding carboxylic acids is 1. The molecular formula is C24H22ClFN6O2. The van der Waals surface area contributed by atoms with E-state index in [0.717, 1.165) is 12.8 Å². The number of pyridine rings is 2. The van der Waals surface area contributed by atoms with E-state index >= 15 is 0 Å². The van der Waals surface area contributed by atoms with Crippen molar-refractivity contribution in [3.8, 4) is 5.69 Å². The summed E-state index contributed by atoms with van der Waals surface area (Å²) in [5, 5.41) is 11.0. The lowest BCUT2D eigenvalue weighted by molar-refractivity contribution is -0.121. The van der Waals surface area contributed by atoms with Gasteiger partial charge in [0.1, 0.15) is 17.7 Å². The lowest BCUT2D eigenvalue weighted by Crippen LogP contribution is -2.38. The molecule has 0 radical (unpaired) electrons. The van der Waals surface area contributed by atoms with Crippen molar-refractivity contribution in [1.29, 1.82) is 0 Å². The van der Waals surface area contributed by atoms with Crippen molar-refractivity contribution >= 4 is 34.2 Å². The maximum Gasteiger partial charge on any atom is 0.266 e. The van der Waals surface area contributed by atoms with E-state index in [0.29, 0.717) is 40.9 Å². The minimum absolute atomic E-state index is 0.0725. The first-order valence-electron chi connectivity index (χ1n) is 11.0. The monoisotopic (exact) mass is 480 g/mol. The van der Waals surface area contributed by atoms with E-state index in [2.05, 4.69) is 20.7 Å². The molecule has 2 N–H and O–H groups in total. The molecule has 0 saturated carbocycles. The fraction of sp³-hybridized carbons (Fsp3) is 0.250. The van der Waals surface area contributed by atoms with E-state index in [9.17, 15) is 14.0 Å². The molecule has 1 aliphatic heterocycles. The maximum absolute atomic E-state index is 14.1. The summed E-state index contributed by atoms with van der Waals surface area (Å²) >= 11 is 6.39. The highest BCUT2D eigenvalue weighted by Gasteiger charge is 2.21. The van der Waals surface area contributed by atoms with Gasteiger partial charge in [0.05, 0.1) is 40.6 Å². The molecule has 1 fully saturated rings. The van der Waals surface area contributed by atoms with Gasteiger partial charge in [-0.05, 0) is 31.4 Å². The molecule has 1 atom stereocenters. The first-order valence-corrected chi connectivity index (χ1v) is 11.4. The van der Waals surface area contributed by atoms with E-state index in [1.165, 1.54) is 23.0 Å². The zero-order valence-electron chi connectivity index (χ0n) is 18.2. The van der Waals surface area contributed by atoms with Crippen LogP contribution in [-0.2, 0) is 11.3 Å². The molecule has 0 aliphatic carbocycles. The van der Waals surface area contributed by atoms with Gasteiger partial charge < -0.3 is 10.6 Å². The lowest BCUT2D eigenvalue weighted by atomic mass is 10.1. The second-order valence-electron chi connectivity index (χ2n) is 8.19. The van der Waals surface area contributed by atoms with Gasteiger partial charge >= 0.3 is 0 Å². The van der Waals surface area contributed by atoms with Crippen molar-refractivity contribution < 1.29 is 9.18 Å². The van der Waals surface area contributed by atoms with Crippen molar-refractivity contribution in [2.24, 2.45) is 0 Å². The highest BCUT2D eigenvalue weighted by Crippen LogP contribution is 2.24. The molecule has 1 aliphatic rings. The Balaban J connectivity index is 1.48. The first kappa shape index (κ1) is 22.1. The Hall–Kier alpha value is -3.72. The quantitative estimate of drug-likeness (QED) is 0.456. The summed E-state index contributed by atoms with van der Waals surface area (Å²) in [4.78, 5) is 29.8. The number of benzene rings is 1. The van der Waals surface area contributed by atoms with Crippen LogP contribution in [-0.4, -0.2) is 37.8 Å². The van der Waals surface area contributed by atoms with E-state index in [-0.39, 0.29) is 28.9 Å². The fourth-order valence-electron chi connectivity index (χ4n) is 4.13. The van der Waals surface area contributed by atoms with Gasteiger partial charge in [-0.3, -0.25) is 18.8 Å². The van der Waals surface area contributed by atoms with Crippen molar-refractivity contribution in [2.45, 2.75) is 31.8 Å². The average molecular weight is 481 g/mol. The van der Waals surface area contributed by atoms with Gasteiger partial charge in [0, 0.05) is 24.4 Å². The zero-order valence-corrected chi connectivity index (χ0v) is 18.9. The number of aromatic nitrogens is 4. The molecule has 1 amide bonds. The van der Waals surface area contributed by atoms with E-state index < -0.39 is 6.04 Å². The molecule has 1 aromatic carbocycles. The minimum atomic E-state index is -0.403. The SMILES string of the molecule is O=C1NCCCCC1Nc1cc(-n2ccc3c(cnn3Cc3ccccc3F)c2=O)c(Cl)cn1. The summed E-state index contributed by atoms with van der Waals surface area (Å²) in [5.74, 6) is 0.0470. The van der Waals surface area contributed by atoms with Crippen LogP contribution in [0.1, 0.15) is 24.8 Å². The number of carbonyl (C=O) groups is 1. The summed E-state index contributed by atoms with van der Waals surface area (Å²) in [6.45, 7) is 0.865. The average Bonchev–Trinajstić information content (AvgIpc) is 3.13. The molecule has 174 valence electrons. The number of nitrogens with one attached hydrogen (secondary N) is 2. The molecule has 0 spiro atoms. The summed E-state index contributed by atoms with van der Waals surface area (Å²) in [5.41, 5.74) is 1.18. The summed E-state index contributed by atoms with van der Waals surface area (Å²) in [6.07, 6.45) is 7.07. The van der Waals surface area contributed by atoms with Gasteiger partial charge in [0.2, 0.25) is 5.91 Å². The fourth-order valence-corrected chi connectivity index (χ4v) is 4.32. The number of nitrogens with zero attached hydrogens (tertiary/aromatic N) is 4. The zero-order chi connectivity index (χ0) is 23.7. The van der Waals surface area contributed by atoms with Crippen molar-refractivity contribution in [2.75, 3.05) is 11.9 Å². The molecular weight excluding hydrogens is 459 g/mol. The molecule has 3 aromatic heterocycles. The van der Waals surface area contributed by atoms with Crippen LogP contribution in [0.4, 0.5) is 10.2 Å². The lowest BCUT2D eigenvalue weighted by Gasteiger charge is -2.17. The third-order valence-corrected chi connectivity index (χ3v) is 6.23. The van der Waals surface area contributed by atoms with Crippen LogP contribution in [0.15, 0.2) is 59.8 Å². The topological polar surface area (TPSA) is 93.8 Å². The number of fused-ring (bicyclic) bond motifs is 1. The van der Waals surface area contributed by atoms with Crippen LogP contribution in [0.2, 0.25) is 5.02 Å². The number of halogens is 2. The van der Waals surface area contributed by atoms with Crippen molar-refractivity contribution in [3.63, 3.8) is 0 Å².